The summed E-state index contributed by atoms with van der Waals surface area (Å²) in [6.45, 7) is 2.27. The SMILES string of the molecule is C[C@@H]1CCc2nc(NC(=O)CSc3nc4ccccc4s3)sc2C1. The van der Waals surface area contributed by atoms with E-state index in [1.807, 2.05) is 18.2 Å². The van der Waals surface area contributed by atoms with Crippen LogP contribution in [0.1, 0.15) is 23.9 Å². The number of nitrogens with zero attached hydrogens (tertiary/aromatic N) is 2. The fourth-order valence-corrected chi connectivity index (χ4v) is 5.84. The summed E-state index contributed by atoms with van der Waals surface area (Å²) >= 11 is 4.74. The Bertz CT molecular complexity index is 853. The molecule has 124 valence electrons. The fourth-order valence-electron chi connectivity index (χ4n) is 2.79. The van der Waals surface area contributed by atoms with E-state index >= 15 is 0 Å². The van der Waals surface area contributed by atoms with Gasteiger partial charge in [0.15, 0.2) is 9.47 Å². The molecule has 4 nitrogen and oxygen atoms in total. The molecule has 1 atom stereocenters. The molecule has 1 aliphatic carbocycles. The quantitative estimate of drug-likeness (QED) is 0.677. The van der Waals surface area contributed by atoms with E-state index in [0.29, 0.717) is 5.75 Å². The van der Waals surface area contributed by atoms with Crippen molar-refractivity contribution in [3.05, 3.63) is 34.8 Å². The number of nitrogens with one attached hydrogen (secondary N) is 1. The zero-order chi connectivity index (χ0) is 16.5. The normalized spacial score (nSPS) is 17.0. The van der Waals surface area contributed by atoms with Gasteiger partial charge >= 0.3 is 0 Å². The third-order valence-corrected chi connectivity index (χ3v) is 7.25. The van der Waals surface area contributed by atoms with Crippen LogP contribution in [0.15, 0.2) is 28.6 Å². The predicted octanol–water partition coefficient (Wildman–Crippen LogP) is 4.61. The summed E-state index contributed by atoms with van der Waals surface area (Å²) in [6.07, 6.45) is 3.31. The van der Waals surface area contributed by atoms with E-state index in [-0.39, 0.29) is 5.91 Å². The molecule has 3 aromatic rings. The molecular formula is C17H17N3OS3. The summed E-state index contributed by atoms with van der Waals surface area (Å²) in [5, 5.41) is 3.68. The monoisotopic (exact) mass is 375 g/mol. The molecule has 0 aliphatic heterocycles. The number of carbonyl (C=O) groups excluding carboxylic acids is 1. The van der Waals surface area contributed by atoms with Crippen molar-refractivity contribution in [2.24, 2.45) is 5.92 Å². The van der Waals surface area contributed by atoms with Gasteiger partial charge in [-0.3, -0.25) is 4.79 Å². The number of anilines is 1. The average molecular weight is 376 g/mol. The zero-order valence-corrected chi connectivity index (χ0v) is 15.7. The topological polar surface area (TPSA) is 54.9 Å². The minimum Gasteiger partial charge on any atom is -0.301 e. The highest BCUT2D eigenvalue weighted by Crippen LogP contribution is 2.33. The van der Waals surface area contributed by atoms with Gasteiger partial charge < -0.3 is 5.32 Å². The summed E-state index contributed by atoms with van der Waals surface area (Å²) in [7, 11) is 0. The van der Waals surface area contributed by atoms with Crippen LogP contribution in [-0.4, -0.2) is 21.6 Å². The van der Waals surface area contributed by atoms with E-state index in [2.05, 4.69) is 28.3 Å². The van der Waals surface area contributed by atoms with Crippen LogP contribution in [0.5, 0.6) is 0 Å². The van der Waals surface area contributed by atoms with Crippen LogP contribution in [-0.2, 0) is 17.6 Å². The van der Waals surface area contributed by atoms with Crippen LogP contribution < -0.4 is 5.32 Å². The van der Waals surface area contributed by atoms with Crippen molar-refractivity contribution >= 4 is 55.7 Å². The molecule has 0 saturated carbocycles. The molecule has 2 aromatic heterocycles. The lowest BCUT2D eigenvalue weighted by molar-refractivity contribution is -0.113. The Kier molecular flexibility index (Phi) is 4.56. The number of carbonyl (C=O) groups is 1. The molecule has 1 aliphatic rings. The molecule has 0 unspecified atom stereocenters. The highest BCUT2D eigenvalue weighted by molar-refractivity contribution is 8.01. The Morgan fingerprint density at radius 2 is 2.21 bits per heavy atom. The number of rotatable bonds is 4. The minimum absolute atomic E-state index is 0.0154. The van der Waals surface area contributed by atoms with E-state index < -0.39 is 0 Å². The van der Waals surface area contributed by atoms with Crippen molar-refractivity contribution in [3.8, 4) is 0 Å². The van der Waals surface area contributed by atoms with Crippen LogP contribution in [0, 0.1) is 5.92 Å². The van der Waals surface area contributed by atoms with Gasteiger partial charge in [-0.2, -0.15) is 0 Å². The first-order valence-corrected chi connectivity index (χ1v) is 10.6. The number of aryl methyl sites for hydroxylation is 1. The van der Waals surface area contributed by atoms with Crippen LogP contribution in [0.3, 0.4) is 0 Å². The second-order valence-electron chi connectivity index (χ2n) is 6.02. The Morgan fingerprint density at radius 3 is 3.08 bits per heavy atom. The number of amides is 1. The van der Waals surface area contributed by atoms with Crippen LogP contribution in [0.4, 0.5) is 5.13 Å². The number of aromatic nitrogens is 2. The first kappa shape index (κ1) is 16.1. The average Bonchev–Trinajstić information content (AvgIpc) is 3.15. The van der Waals surface area contributed by atoms with Gasteiger partial charge in [-0.1, -0.05) is 30.8 Å². The maximum absolute atomic E-state index is 12.2. The Balaban J connectivity index is 1.36. The molecule has 24 heavy (non-hydrogen) atoms. The van der Waals surface area contributed by atoms with Gasteiger partial charge in [-0.15, -0.1) is 22.7 Å². The number of benzene rings is 1. The molecular weight excluding hydrogens is 358 g/mol. The molecule has 7 heteroatoms. The van der Waals surface area contributed by atoms with Gasteiger partial charge in [-0.05, 0) is 37.3 Å². The van der Waals surface area contributed by atoms with E-state index in [9.17, 15) is 4.79 Å². The first-order valence-electron chi connectivity index (χ1n) is 7.94. The summed E-state index contributed by atoms with van der Waals surface area (Å²) < 4.78 is 2.08. The lowest BCUT2D eigenvalue weighted by Gasteiger charge is -2.15. The van der Waals surface area contributed by atoms with Gasteiger partial charge in [0.2, 0.25) is 5.91 Å². The number of thiazole rings is 2. The van der Waals surface area contributed by atoms with E-state index in [1.165, 1.54) is 28.8 Å². The number of thioether (sulfide) groups is 1. The van der Waals surface area contributed by atoms with Crippen LogP contribution in [0.2, 0.25) is 0 Å². The highest BCUT2D eigenvalue weighted by Gasteiger charge is 2.20. The first-order chi connectivity index (χ1) is 11.7. The molecule has 1 aromatic carbocycles. The standard InChI is InChI=1S/C17H17N3OS3/c1-10-6-7-12-14(8-10)23-16(18-12)20-15(21)9-22-17-19-11-4-2-3-5-13(11)24-17/h2-5,10H,6-9H2,1H3,(H,18,20,21)/t10-/m1/s1. The summed E-state index contributed by atoms with van der Waals surface area (Å²) in [4.78, 5) is 22.6. The molecule has 2 heterocycles. The summed E-state index contributed by atoms with van der Waals surface area (Å²) in [6, 6.07) is 8.04. The van der Waals surface area contributed by atoms with Crippen molar-refractivity contribution in [2.75, 3.05) is 11.1 Å². The molecule has 0 bridgehead atoms. The summed E-state index contributed by atoms with van der Waals surface area (Å²) in [5.41, 5.74) is 2.17. The largest absolute Gasteiger partial charge is 0.301 e. The van der Waals surface area contributed by atoms with E-state index in [1.54, 1.807) is 22.7 Å². The second-order valence-corrected chi connectivity index (χ2v) is 9.36. The molecule has 0 saturated heterocycles. The predicted molar refractivity (Wildman–Crippen MR) is 102 cm³/mol. The van der Waals surface area contributed by atoms with Crippen molar-refractivity contribution in [1.82, 2.24) is 9.97 Å². The number of fused-ring (bicyclic) bond motifs is 2. The summed E-state index contributed by atoms with van der Waals surface area (Å²) in [5.74, 6) is 1.06. The molecule has 1 N–H and O–H groups in total. The lowest BCUT2D eigenvalue weighted by Crippen LogP contribution is -2.13. The van der Waals surface area contributed by atoms with Crippen molar-refractivity contribution in [3.63, 3.8) is 0 Å². The number of para-hydroxylation sites is 1. The van der Waals surface area contributed by atoms with Gasteiger partial charge in [0.1, 0.15) is 0 Å². The van der Waals surface area contributed by atoms with Crippen LogP contribution >= 0.6 is 34.4 Å². The van der Waals surface area contributed by atoms with Gasteiger partial charge in [0.25, 0.3) is 0 Å². The third kappa shape index (κ3) is 3.48. The van der Waals surface area contributed by atoms with Crippen molar-refractivity contribution < 1.29 is 4.79 Å². The second kappa shape index (κ2) is 6.82. The molecule has 4 rings (SSSR count). The Hall–Kier alpha value is -1.44. The molecule has 0 spiro atoms. The van der Waals surface area contributed by atoms with Crippen molar-refractivity contribution in [2.45, 2.75) is 30.5 Å². The van der Waals surface area contributed by atoms with E-state index in [0.717, 1.165) is 38.4 Å². The van der Waals surface area contributed by atoms with Crippen molar-refractivity contribution in [1.29, 1.82) is 0 Å². The zero-order valence-electron chi connectivity index (χ0n) is 13.2. The van der Waals surface area contributed by atoms with Crippen LogP contribution in [0.25, 0.3) is 10.2 Å². The molecule has 0 radical (unpaired) electrons. The minimum atomic E-state index is -0.0154. The Labute approximate surface area is 152 Å². The Morgan fingerprint density at radius 1 is 1.33 bits per heavy atom. The van der Waals surface area contributed by atoms with Gasteiger partial charge in [0, 0.05) is 4.88 Å². The lowest BCUT2D eigenvalue weighted by atomic mass is 9.93. The fraction of sp³-hybridized carbons (Fsp3) is 0.353. The maximum atomic E-state index is 12.2. The maximum Gasteiger partial charge on any atom is 0.236 e. The van der Waals surface area contributed by atoms with Gasteiger partial charge in [0.05, 0.1) is 21.7 Å². The molecule has 0 fully saturated rings. The van der Waals surface area contributed by atoms with E-state index in [4.69, 9.17) is 0 Å². The third-order valence-electron chi connectivity index (χ3n) is 4.03. The number of hydrogen-bond acceptors (Lipinski definition) is 6. The highest BCUT2D eigenvalue weighted by atomic mass is 32.2. The number of hydrogen-bond donors (Lipinski definition) is 1. The molecule has 1 amide bonds. The van der Waals surface area contributed by atoms with Gasteiger partial charge in [-0.25, -0.2) is 9.97 Å². The smallest absolute Gasteiger partial charge is 0.236 e.